The molecule has 2 unspecified atom stereocenters. The minimum atomic E-state index is -0.140. The van der Waals surface area contributed by atoms with Gasteiger partial charge in [-0.15, -0.1) is 0 Å². The smallest absolute Gasteiger partial charge is 0.220 e. The summed E-state index contributed by atoms with van der Waals surface area (Å²) in [6, 6.07) is 7.96. The van der Waals surface area contributed by atoms with Gasteiger partial charge in [0.15, 0.2) is 0 Å². The molecular formula is C17H26N2O2. The molecule has 1 aliphatic heterocycles. The Morgan fingerprint density at radius 3 is 2.71 bits per heavy atom. The number of benzene rings is 1. The quantitative estimate of drug-likeness (QED) is 0.838. The van der Waals surface area contributed by atoms with E-state index in [1.54, 1.807) is 0 Å². The molecule has 1 heterocycles. The zero-order valence-corrected chi connectivity index (χ0v) is 13.2. The van der Waals surface area contributed by atoms with Gasteiger partial charge in [-0.05, 0) is 50.3 Å². The van der Waals surface area contributed by atoms with Crippen LogP contribution in [0, 0.1) is 0 Å². The fourth-order valence-electron chi connectivity index (χ4n) is 2.86. The van der Waals surface area contributed by atoms with Crippen LogP contribution in [0.25, 0.3) is 0 Å². The molecule has 3 N–H and O–H groups in total. The van der Waals surface area contributed by atoms with E-state index in [1.807, 2.05) is 24.3 Å². The highest BCUT2D eigenvalue weighted by Crippen LogP contribution is 2.25. The summed E-state index contributed by atoms with van der Waals surface area (Å²) in [7, 11) is 0. The van der Waals surface area contributed by atoms with Gasteiger partial charge in [0, 0.05) is 24.8 Å². The Morgan fingerprint density at radius 2 is 2.10 bits per heavy atom. The predicted octanol–water partition coefficient (Wildman–Crippen LogP) is 2.84. The van der Waals surface area contributed by atoms with Crippen LogP contribution in [-0.4, -0.2) is 24.2 Å². The molecule has 0 saturated carbocycles. The summed E-state index contributed by atoms with van der Waals surface area (Å²) in [5, 5.41) is 3.14. The third kappa shape index (κ3) is 4.74. The van der Waals surface area contributed by atoms with Crippen molar-refractivity contribution in [2.24, 2.45) is 0 Å². The molecular weight excluding hydrogens is 264 g/mol. The molecule has 2 atom stereocenters. The SMILES string of the molecule is CC(CC(=O)NC1CCOC(C)(C)C1)c1ccc(N)cc1. The van der Waals surface area contributed by atoms with Crippen LogP contribution in [0.5, 0.6) is 0 Å². The van der Waals surface area contributed by atoms with Gasteiger partial charge in [0.2, 0.25) is 5.91 Å². The topological polar surface area (TPSA) is 64.3 Å². The molecule has 0 radical (unpaired) electrons. The van der Waals surface area contributed by atoms with Crippen molar-refractivity contribution in [1.29, 1.82) is 0 Å². The third-order valence-corrected chi connectivity index (χ3v) is 4.06. The Balaban J connectivity index is 1.85. The number of nitrogen functional groups attached to an aromatic ring is 1. The molecule has 1 fully saturated rings. The van der Waals surface area contributed by atoms with Gasteiger partial charge in [-0.1, -0.05) is 19.1 Å². The first-order chi connectivity index (χ1) is 9.85. The molecule has 1 aromatic rings. The minimum Gasteiger partial charge on any atom is -0.399 e. The first-order valence-corrected chi connectivity index (χ1v) is 7.64. The lowest BCUT2D eigenvalue weighted by molar-refractivity contribution is -0.124. The molecule has 4 nitrogen and oxygen atoms in total. The molecule has 0 aliphatic carbocycles. The van der Waals surface area contributed by atoms with E-state index in [9.17, 15) is 4.79 Å². The summed E-state index contributed by atoms with van der Waals surface area (Å²) in [6.45, 7) is 6.93. The lowest BCUT2D eigenvalue weighted by atomic mass is 9.93. The largest absolute Gasteiger partial charge is 0.399 e. The van der Waals surface area contributed by atoms with Gasteiger partial charge >= 0.3 is 0 Å². The van der Waals surface area contributed by atoms with E-state index in [0.29, 0.717) is 13.0 Å². The van der Waals surface area contributed by atoms with E-state index in [0.717, 1.165) is 24.1 Å². The summed E-state index contributed by atoms with van der Waals surface area (Å²) in [5.41, 5.74) is 7.44. The summed E-state index contributed by atoms with van der Waals surface area (Å²) in [4.78, 5) is 12.2. The molecule has 1 aromatic carbocycles. The van der Waals surface area contributed by atoms with Crippen molar-refractivity contribution in [3.63, 3.8) is 0 Å². The van der Waals surface area contributed by atoms with Crippen LogP contribution in [0.4, 0.5) is 5.69 Å². The van der Waals surface area contributed by atoms with Gasteiger partial charge < -0.3 is 15.8 Å². The molecule has 116 valence electrons. The van der Waals surface area contributed by atoms with Gasteiger partial charge in [-0.2, -0.15) is 0 Å². The van der Waals surface area contributed by atoms with Gasteiger partial charge in [0.05, 0.1) is 5.60 Å². The number of nitrogens with two attached hydrogens (primary N) is 1. The average molecular weight is 290 g/mol. The van der Waals surface area contributed by atoms with Crippen molar-refractivity contribution >= 4 is 11.6 Å². The van der Waals surface area contributed by atoms with Crippen LogP contribution in [0.2, 0.25) is 0 Å². The first-order valence-electron chi connectivity index (χ1n) is 7.64. The summed E-state index contributed by atoms with van der Waals surface area (Å²) in [6.07, 6.45) is 2.27. The van der Waals surface area contributed by atoms with Crippen molar-refractivity contribution in [3.05, 3.63) is 29.8 Å². The van der Waals surface area contributed by atoms with Crippen molar-refractivity contribution < 1.29 is 9.53 Å². The van der Waals surface area contributed by atoms with Crippen molar-refractivity contribution in [3.8, 4) is 0 Å². The Bertz CT molecular complexity index is 482. The lowest BCUT2D eigenvalue weighted by Gasteiger charge is -2.36. The minimum absolute atomic E-state index is 0.113. The second-order valence-corrected chi connectivity index (χ2v) is 6.64. The Hall–Kier alpha value is -1.55. The molecule has 0 spiro atoms. The van der Waals surface area contributed by atoms with E-state index in [4.69, 9.17) is 10.5 Å². The Morgan fingerprint density at radius 1 is 1.43 bits per heavy atom. The number of carbonyl (C=O) groups excluding carboxylic acids is 1. The van der Waals surface area contributed by atoms with Crippen molar-refractivity contribution in [1.82, 2.24) is 5.32 Å². The van der Waals surface area contributed by atoms with E-state index in [2.05, 4.69) is 26.1 Å². The number of amides is 1. The normalized spacial score (nSPS) is 22.5. The number of nitrogens with one attached hydrogen (secondary N) is 1. The van der Waals surface area contributed by atoms with E-state index in [-0.39, 0.29) is 23.5 Å². The van der Waals surface area contributed by atoms with Crippen LogP contribution in [0.15, 0.2) is 24.3 Å². The predicted molar refractivity (Wildman–Crippen MR) is 85.1 cm³/mol. The summed E-state index contributed by atoms with van der Waals surface area (Å²) >= 11 is 0. The number of ether oxygens (including phenoxy) is 1. The zero-order valence-electron chi connectivity index (χ0n) is 13.2. The number of hydrogen-bond donors (Lipinski definition) is 2. The molecule has 4 heteroatoms. The molecule has 1 aliphatic rings. The maximum Gasteiger partial charge on any atom is 0.220 e. The van der Waals surface area contributed by atoms with Crippen LogP contribution >= 0.6 is 0 Å². The van der Waals surface area contributed by atoms with Gasteiger partial charge in [0.25, 0.3) is 0 Å². The maximum atomic E-state index is 12.2. The highest BCUT2D eigenvalue weighted by molar-refractivity contribution is 5.77. The van der Waals surface area contributed by atoms with Crippen LogP contribution in [0.3, 0.4) is 0 Å². The monoisotopic (exact) mass is 290 g/mol. The molecule has 0 bridgehead atoms. The third-order valence-electron chi connectivity index (χ3n) is 4.06. The highest BCUT2D eigenvalue weighted by atomic mass is 16.5. The number of hydrogen-bond acceptors (Lipinski definition) is 3. The van der Waals surface area contributed by atoms with E-state index >= 15 is 0 Å². The molecule has 21 heavy (non-hydrogen) atoms. The number of rotatable bonds is 4. The molecule has 1 amide bonds. The zero-order chi connectivity index (χ0) is 15.5. The second-order valence-electron chi connectivity index (χ2n) is 6.64. The van der Waals surface area contributed by atoms with Gasteiger partial charge in [-0.3, -0.25) is 4.79 Å². The molecule has 0 aromatic heterocycles. The van der Waals surface area contributed by atoms with Crippen LogP contribution in [-0.2, 0) is 9.53 Å². The average Bonchev–Trinajstić information content (AvgIpc) is 2.37. The van der Waals surface area contributed by atoms with E-state index in [1.165, 1.54) is 0 Å². The van der Waals surface area contributed by atoms with E-state index < -0.39 is 0 Å². The Kier molecular flexibility index (Phi) is 4.88. The lowest BCUT2D eigenvalue weighted by Crippen LogP contribution is -2.46. The van der Waals surface area contributed by atoms with Crippen molar-refractivity contribution in [2.75, 3.05) is 12.3 Å². The fourth-order valence-corrected chi connectivity index (χ4v) is 2.86. The first kappa shape index (κ1) is 15.8. The summed E-state index contributed by atoms with van der Waals surface area (Å²) < 4.78 is 5.68. The Labute approximate surface area is 127 Å². The second kappa shape index (κ2) is 6.48. The highest BCUT2D eigenvalue weighted by Gasteiger charge is 2.29. The van der Waals surface area contributed by atoms with Crippen LogP contribution < -0.4 is 11.1 Å². The van der Waals surface area contributed by atoms with Gasteiger partial charge in [0.1, 0.15) is 0 Å². The summed E-state index contributed by atoms with van der Waals surface area (Å²) in [5.74, 6) is 0.306. The number of carbonyl (C=O) groups is 1. The number of anilines is 1. The van der Waals surface area contributed by atoms with Crippen molar-refractivity contribution in [2.45, 2.75) is 57.6 Å². The maximum absolute atomic E-state index is 12.2. The van der Waals surface area contributed by atoms with Crippen LogP contribution in [0.1, 0.15) is 51.5 Å². The fraction of sp³-hybridized carbons (Fsp3) is 0.588. The van der Waals surface area contributed by atoms with Gasteiger partial charge in [-0.25, -0.2) is 0 Å². The molecule has 1 saturated heterocycles. The standard InChI is InChI=1S/C17H26N2O2/c1-12(13-4-6-14(18)7-5-13)10-16(20)19-15-8-9-21-17(2,3)11-15/h4-7,12,15H,8-11,18H2,1-3H3,(H,19,20). The molecule has 2 rings (SSSR count).